The normalized spacial score (nSPS) is 15.0. The first-order chi connectivity index (χ1) is 14.6. The molecular formula is C22H18N4O4. The number of hydrogen-bond donors (Lipinski definition) is 2. The van der Waals surface area contributed by atoms with Gasteiger partial charge in [0.25, 0.3) is 0 Å². The van der Waals surface area contributed by atoms with Crippen LogP contribution in [0.2, 0.25) is 0 Å². The molecule has 1 aliphatic heterocycles. The van der Waals surface area contributed by atoms with Crippen molar-refractivity contribution in [2.45, 2.75) is 5.92 Å². The Morgan fingerprint density at radius 2 is 2.00 bits per heavy atom. The highest BCUT2D eigenvalue weighted by atomic mass is 16.5. The SMILES string of the molecule is COC(=O)c1ccc(C2C(C#N)=C(N)Oc3n[nH]c(-c4cccc(OC)c4)c32)cc1. The van der Waals surface area contributed by atoms with Gasteiger partial charge in [-0.25, -0.2) is 4.79 Å². The Balaban J connectivity index is 1.87. The van der Waals surface area contributed by atoms with Crippen LogP contribution in [-0.4, -0.2) is 30.4 Å². The number of rotatable bonds is 4. The Kier molecular flexibility index (Phi) is 4.86. The molecular weight excluding hydrogens is 384 g/mol. The summed E-state index contributed by atoms with van der Waals surface area (Å²) >= 11 is 0. The molecule has 30 heavy (non-hydrogen) atoms. The summed E-state index contributed by atoms with van der Waals surface area (Å²) in [5, 5.41) is 17.0. The predicted octanol–water partition coefficient (Wildman–Crippen LogP) is 3.09. The summed E-state index contributed by atoms with van der Waals surface area (Å²) in [5.74, 6) is 0.0137. The van der Waals surface area contributed by atoms with Crippen molar-refractivity contribution in [3.8, 4) is 29.0 Å². The fourth-order valence-corrected chi connectivity index (χ4v) is 3.51. The molecule has 1 aromatic heterocycles. The first-order valence-electron chi connectivity index (χ1n) is 9.06. The molecule has 4 rings (SSSR count). The van der Waals surface area contributed by atoms with Crippen molar-refractivity contribution < 1.29 is 19.0 Å². The van der Waals surface area contributed by atoms with Gasteiger partial charge in [0.05, 0.1) is 37.0 Å². The molecule has 2 aromatic carbocycles. The predicted molar refractivity (Wildman–Crippen MR) is 108 cm³/mol. The van der Waals surface area contributed by atoms with E-state index < -0.39 is 11.9 Å². The number of carbonyl (C=O) groups excluding carboxylic acids is 1. The molecule has 0 fully saturated rings. The van der Waals surface area contributed by atoms with E-state index in [1.165, 1.54) is 7.11 Å². The maximum Gasteiger partial charge on any atom is 0.337 e. The number of nitriles is 1. The Bertz CT molecular complexity index is 1190. The van der Waals surface area contributed by atoms with Crippen LogP contribution in [-0.2, 0) is 4.74 Å². The van der Waals surface area contributed by atoms with E-state index >= 15 is 0 Å². The average Bonchev–Trinajstić information content (AvgIpc) is 3.21. The fourth-order valence-electron chi connectivity index (χ4n) is 3.51. The van der Waals surface area contributed by atoms with Gasteiger partial charge in [0.1, 0.15) is 17.4 Å². The van der Waals surface area contributed by atoms with E-state index in [4.69, 9.17) is 19.9 Å². The molecule has 1 unspecified atom stereocenters. The number of fused-ring (bicyclic) bond motifs is 1. The van der Waals surface area contributed by atoms with Crippen molar-refractivity contribution in [1.82, 2.24) is 10.2 Å². The van der Waals surface area contributed by atoms with Gasteiger partial charge in [-0.1, -0.05) is 24.3 Å². The lowest BCUT2D eigenvalue weighted by Gasteiger charge is -2.24. The van der Waals surface area contributed by atoms with Crippen LogP contribution in [0, 0.1) is 11.3 Å². The van der Waals surface area contributed by atoms with Crippen LogP contribution in [0.4, 0.5) is 0 Å². The minimum atomic E-state index is -0.523. The zero-order valence-electron chi connectivity index (χ0n) is 16.3. The van der Waals surface area contributed by atoms with Gasteiger partial charge in [0, 0.05) is 5.56 Å². The molecule has 0 saturated heterocycles. The summed E-state index contributed by atoms with van der Waals surface area (Å²) in [4.78, 5) is 11.8. The maximum absolute atomic E-state index is 11.8. The number of aromatic nitrogens is 2. The molecule has 0 aliphatic carbocycles. The molecule has 0 spiro atoms. The molecule has 8 nitrogen and oxygen atoms in total. The van der Waals surface area contributed by atoms with Crippen molar-refractivity contribution in [2.75, 3.05) is 14.2 Å². The number of nitrogens with zero attached hydrogens (tertiary/aromatic N) is 2. The molecule has 0 bridgehead atoms. The number of allylic oxidation sites excluding steroid dienone is 1. The molecule has 8 heteroatoms. The molecule has 0 radical (unpaired) electrons. The van der Waals surface area contributed by atoms with E-state index in [2.05, 4.69) is 16.3 Å². The third-order valence-electron chi connectivity index (χ3n) is 4.96. The second kappa shape index (κ2) is 7.64. The summed E-state index contributed by atoms with van der Waals surface area (Å²) in [6.45, 7) is 0. The van der Waals surface area contributed by atoms with E-state index in [0.29, 0.717) is 28.5 Å². The molecule has 150 valence electrons. The number of benzene rings is 2. The molecule has 1 atom stereocenters. The van der Waals surface area contributed by atoms with E-state index in [0.717, 1.165) is 11.1 Å². The molecule has 0 saturated carbocycles. The molecule has 0 amide bonds. The Morgan fingerprint density at radius 3 is 2.67 bits per heavy atom. The van der Waals surface area contributed by atoms with Gasteiger partial charge in [-0.05, 0) is 29.8 Å². The second-order valence-corrected chi connectivity index (χ2v) is 6.59. The Morgan fingerprint density at radius 1 is 1.23 bits per heavy atom. The second-order valence-electron chi connectivity index (χ2n) is 6.59. The maximum atomic E-state index is 11.8. The number of hydrogen-bond acceptors (Lipinski definition) is 7. The van der Waals surface area contributed by atoms with Crippen LogP contribution in [0.15, 0.2) is 60.0 Å². The van der Waals surface area contributed by atoms with Crippen molar-refractivity contribution in [3.05, 3.63) is 76.7 Å². The Labute approximate surface area is 172 Å². The number of carbonyl (C=O) groups is 1. The monoisotopic (exact) mass is 402 g/mol. The number of H-pyrrole nitrogens is 1. The first-order valence-corrected chi connectivity index (χ1v) is 9.06. The largest absolute Gasteiger partial charge is 0.497 e. The van der Waals surface area contributed by atoms with Crippen LogP contribution < -0.4 is 15.2 Å². The smallest absolute Gasteiger partial charge is 0.337 e. The lowest BCUT2D eigenvalue weighted by molar-refractivity contribution is 0.0600. The van der Waals surface area contributed by atoms with Crippen molar-refractivity contribution in [2.24, 2.45) is 5.73 Å². The third-order valence-corrected chi connectivity index (χ3v) is 4.96. The summed E-state index contributed by atoms with van der Waals surface area (Å²) < 4.78 is 15.7. The topological polar surface area (TPSA) is 123 Å². The van der Waals surface area contributed by atoms with Gasteiger partial charge in [-0.15, -0.1) is 5.10 Å². The fraction of sp³-hybridized carbons (Fsp3) is 0.136. The summed E-state index contributed by atoms with van der Waals surface area (Å²) in [7, 11) is 2.91. The summed E-state index contributed by atoms with van der Waals surface area (Å²) in [6, 6.07) is 16.4. The van der Waals surface area contributed by atoms with Crippen LogP contribution in [0.25, 0.3) is 11.3 Å². The highest BCUT2D eigenvalue weighted by Gasteiger charge is 2.35. The minimum absolute atomic E-state index is 0.00395. The minimum Gasteiger partial charge on any atom is -0.497 e. The van der Waals surface area contributed by atoms with Gasteiger partial charge in [-0.2, -0.15) is 5.26 Å². The van der Waals surface area contributed by atoms with Gasteiger partial charge in [0.2, 0.25) is 11.8 Å². The lowest BCUT2D eigenvalue weighted by atomic mass is 9.83. The van der Waals surface area contributed by atoms with Crippen LogP contribution >= 0.6 is 0 Å². The van der Waals surface area contributed by atoms with Crippen LogP contribution in [0.3, 0.4) is 0 Å². The van der Waals surface area contributed by atoms with Crippen LogP contribution in [0.5, 0.6) is 11.6 Å². The quantitative estimate of drug-likeness (QED) is 0.643. The lowest BCUT2D eigenvalue weighted by Crippen LogP contribution is -2.21. The van der Waals surface area contributed by atoms with Crippen molar-refractivity contribution >= 4 is 5.97 Å². The number of ether oxygens (including phenoxy) is 3. The van der Waals surface area contributed by atoms with Gasteiger partial charge < -0.3 is 19.9 Å². The number of nitrogens with two attached hydrogens (primary N) is 1. The number of aromatic amines is 1. The number of methoxy groups -OCH3 is 2. The third kappa shape index (κ3) is 3.12. The van der Waals surface area contributed by atoms with Gasteiger partial charge in [-0.3, -0.25) is 5.10 Å². The van der Waals surface area contributed by atoms with Gasteiger partial charge >= 0.3 is 5.97 Å². The first kappa shape index (κ1) is 19.1. The molecule has 2 heterocycles. The van der Waals surface area contributed by atoms with Crippen molar-refractivity contribution in [3.63, 3.8) is 0 Å². The van der Waals surface area contributed by atoms with Gasteiger partial charge in [0.15, 0.2) is 0 Å². The Hall–Kier alpha value is -4.25. The van der Waals surface area contributed by atoms with Crippen molar-refractivity contribution in [1.29, 1.82) is 5.26 Å². The highest BCUT2D eigenvalue weighted by Crippen LogP contribution is 2.45. The standard InChI is InChI=1S/C22H18N4O4/c1-28-15-5-3-4-14(10-15)19-18-17(12-6-8-13(9-7-12)22(27)29-2)16(11-23)20(24)30-21(18)26-25-19/h3-10,17H,24H2,1-2H3,(H,25,26). The number of esters is 1. The zero-order valence-corrected chi connectivity index (χ0v) is 16.3. The average molecular weight is 402 g/mol. The number of nitrogens with one attached hydrogen (secondary N) is 1. The molecule has 3 N–H and O–H groups in total. The van der Waals surface area contributed by atoms with E-state index in [-0.39, 0.29) is 11.5 Å². The summed E-state index contributed by atoms with van der Waals surface area (Å²) in [5.41, 5.74) is 9.63. The molecule has 3 aromatic rings. The highest BCUT2D eigenvalue weighted by molar-refractivity contribution is 5.89. The molecule has 1 aliphatic rings. The van der Waals surface area contributed by atoms with E-state index in [9.17, 15) is 10.1 Å². The zero-order chi connectivity index (χ0) is 21.3. The van der Waals surface area contributed by atoms with E-state index in [1.54, 1.807) is 31.4 Å². The van der Waals surface area contributed by atoms with Crippen LogP contribution in [0.1, 0.15) is 27.4 Å². The van der Waals surface area contributed by atoms with E-state index in [1.807, 2.05) is 24.3 Å². The summed E-state index contributed by atoms with van der Waals surface area (Å²) in [6.07, 6.45) is 0.